The van der Waals surface area contributed by atoms with Crippen LogP contribution in [0.1, 0.15) is 21.1 Å². The van der Waals surface area contributed by atoms with E-state index in [2.05, 4.69) is 20.2 Å². The van der Waals surface area contributed by atoms with Crippen molar-refractivity contribution < 1.29 is 9.53 Å². The van der Waals surface area contributed by atoms with Gasteiger partial charge in [0.25, 0.3) is 5.91 Å². The van der Waals surface area contributed by atoms with Crippen LogP contribution < -0.4 is 5.32 Å². The molecule has 2 fully saturated rings. The van der Waals surface area contributed by atoms with E-state index < -0.39 is 0 Å². The molecule has 0 spiro atoms. The van der Waals surface area contributed by atoms with Gasteiger partial charge in [-0.05, 0) is 19.1 Å². The average Bonchev–Trinajstić information content (AvgIpc) is 3.38. The molecule has 146 valence electrons. The third-order valence-electron chi connectivity index (χ3n) is 5.60. The monoisotopic (exact) mass is 416 g/mol. The van der Waals surface area contributed by atoms with Gasteiger partial charge in [-0.15, -0.1) is 11.3 Å². The minimum atomic E-state index is -0.186. The first-order valence-electron chi connectivity index (χ1n) is 9.42. The lowest BCUT2D eigenvalue weighted by atomic mass is 10.0. The molecule has 2 aliphatic rings. The van der Waals surface area contributed by atoms with Gasteiger partial charge >= 0.3 is 0 Å². The summed E-state index contributed by atoms with van der Waals surface area (Å²) in [6.07, 6.45) is 0. The van der Waals surface area contributed by atoms with Crippen LogP contribution in [0.2, 0.25) is 5.02 Å². The predicted molar refractivity (Wildman–Crippen MR) is 111 cm³/mol. The van der Waals surface area contributed by atoms with Gasteiger partial charge in [0, 0.05) is 37.0 Å². The van der Waals surface area contributed by atoms with Crippen molar-refractivity contribution in [3.8, 4) is 0 Å². The van der Waals surface area contributed by atoms with Crippen molar-refractivity contribution in [2.45, 2.75) is 13.5 Å². The molecule has 0 aliphatic carbocycles. The number of nitrogens with one attached hydrogen (secondary N) is 2. The van der Waals surface area contributed by atoms with E-state index in [1.165, 1.54) is 0 Å². The number of rotatable bonds is 4. The molecule has 4 heterocycles. The van der Waals surface area contributed by atoms with Crippen LogP contribution in [0.15, 0.2) is 24.3 Å². The number of para-hydroxylation sites is 1. The highest BCUT2D eigenvalue weighted by molar-refractivity contribution is 7.18. The van der Waals surface area contributed by atoms with Crippen LogP contribution in [0.3, 0.4) is 0 Å². The molecule has 2 aromatic heterocycles. The molecule has 2 N–H and O–H groups in total. The van der Waals surface area contributed by atoms with Gasteiger partial charge in [-0.25, -0.2) is 4.98 Å². The third-order valence-corrected chi connectivity index (χ3v) is 6.96. The summed E-state index contributed by atoms with van der Waals surface area (Å²) in [5.74, 6) is 1.03. The fraction of sp³-hybridized carbons (Fsp3) is 0.400. The van der Waals surface area contributed by atoms with Crippen molar-refractivity contribution >= 4 is 44.9 Å². The molecule has 0 unspecified atom stereocenters. The van der Waals surface area contributed by atoms with Crippen LogP contribution in [0, 0.1) is 18.8 Å². The van der Waals surface area contributed by atoms with Gasteiger partial charge in [-0.2, -0.15) is 0 Å². The molecule has 6 nitrogen and oxygen atoms in total. The van der Waals surface area contributed by atoms with Gasteiger partial charge in [-0.3, -0.25) is 9.69 Å². The number of nitrogens with zero attached hydrogens (tertiary/aromatic N) is 2. The fourth-order valence-electron chi connectivity index (χ4n) is 4.25. The van der Waals surface area contributed by atoms with E-state index >= 15 is 0 Å². The minimum absolute atomic E-state index is 0.186. The topological polar surface area (TPSA) is 70.2 Å². The number of aryl methyl sites for hydroxylation is 1. The largest absolute Gasteiger partial charge is 0.381 e. The quantitative estimate of drug-likeness (QED) is 0.676. The molecule has 0 radical (unpaired) electrons. The average molecular weight is 417 g/mol. The summed E-state index contributed by atoms with van der Waals surface area (Å²) < 4.78 is 6.66. The maximum Gasteiger partial charge on any atom is 0.272 e. The first-order valence-corrected chi connectivity index (χ1v) is 10.6. The second kappa shape index (κ2) is 7.15. The third kappa shape index (κ3) is 3.22. The highest BCUT2D eigenvalue weighted by atomic mass is 35.5. The number of benzene rings is 1. The number of carbonyl (C=O) groups excluding carboxylic acids is 1. The van der Waals surface area contributed by atoms with Crippen molar-refractivity contribution in [1.29, 1.82) is 0 Å². The zero-order valence-electron chi connectivity index (χ0n) is 15.5. The SMILES string of the molecule is Cc1nc2[nH]c(C(=O)Nc3ccccc3Cl)c(CN3C[C@H]4COC[C@H]4C3)c2s1. The Morgan fingerprint density at radius 3 is 2.86 bits per heavy atom. The zero-order chi connectivity index (χ0) is 19.3. The summed E-state index contributed by atoms with van der Waals surface area (Å²) in [4.78, 5) is 23.3. The zero-order valence-corrected chi connectivity index (χ0v) is 17.1. The first-order chi connectivity index (χ1) is 13.6. The number of H-pyrrole nitrogens is 1. The molecule has 2 aliphatic heterocycles. The van der Waals surface area contributed by atoms with Crippen LogP contribution in [0.4, 0.5) is 5.69 Å². The number of aromatic amines is 1. The Morgan fingerprint density at radius 2 is 2.11 bits per heavy atom. The Balaban J connectivity index is 1.45. The van der Waals surface area contributed by atoms with Crippen LogP contribution in [-0.2, 0) is 11.3 Å². The minimum Gasteiger partial charge on any atom is -0.381 e. The lowest BCUT2D eigenvalue weighted by Crippen LogP contribution is -2.24. The molecule has 1 aromatic carbocycles. The number of fused-ring (bicyclic) bond motifs is 2. The number of likely N-dealkylation sites (tertiary alicyclic amines) is 1. The standard InChI is InChI=1S/C20H21ClN4O2S/c1-11-22-19-18(28-11)14(8-25-6-12-9-27-10-13(12)7-25)17(24-19)20(26)23-16-5-3-2-4-15(16)21/h2-5,12-13,24H,6-10H2,1H3,(H,23,26)/t12-,13+. The van der Waals surface area contributed by atoms with Gasteiger partial charge in [0.15, 0.2) is 0 Å². The summed E-state index contributed by atoms with van der Waals surface area (Å²) in [6, 6.07) is 7.26. The number of ether oxygens (including phenoxy) is 1. The molecule has 2 atom stereocenters. The second-order valence-electron chi connectivity index (χ2n) is 7.57. The van der Waals surface area contributed by atoms with Crippen molar-refractivity contribution in [1.82, 2.24) is 14.9 Å². The van der Waals surface area contributed by atoms with Crippen LogP contribution in [0.5, 0.6) is 0 Å². The number of carbonyl (C=O) groups is 1. The van der Waals surface area contributed by atoms with Crippen molar-refractivity contribution in [3.63, 3.8) is 0 Å². The van der Waals surface area contributed by atoms with Gasteiger partial charge in [0.05, 0.1) is 33.6 Å². The predicted octanol–water partition coefficient (Wildman–Crippen LogP) is 3.92. The van der Waals surface area contributed by atoms with Crippen molar-refractivity contribution in [2.24, 2.45) is 11.8 Å². The van der Waals surface area contributed by atoms with Crippen LogP contribution in [0.25, 0.3) is 10.3 Å². The van der Waals surface area contributed by atoms with E-state index in [0.717, 1.165) is 53.8 Å². The normalized spacial score (nSPS) is 22.1. The highest BCUT2D eigenvalue weighted by Crippen LogP contribution is 2.34. The fourth-order valence-corrected chi connectivity index (χ4v) is 5.35. The maximum absolute atomic E-state index is 13.0. The van der Waals surface area contributed by atoms with E-state index in [1.54, 1.807) is 23.5 Å². The molecule has 8 heteroatoms. The van der Waals surface area contributed by atoms with Crippen molar-refractivity contribution in [3.05, 3.63) is 45.6 Å². The smallest absolute Gasteiger partial charge is 0.272 e. The molecule has 0 saturated carbocycles. The Bertz CT molecular complexity index is 1030. The van der Waals surface area contributed by atoms with E-state index in [9.17, 15) is 4.79 Å². The number of amides is 1. The summed E-state index contributed by atoms with van der Waals surface area (Å²) in [7, 11) is 0. The van der Waals surface area contributed by atoms with Crippen LogP contribution >= 0.6 is 22.9 Å². The van der Waals surface area contributed by atoms with Gasteiger partial charge < -0.3 is 15.0 Å². The number of hydrogen-bond acceptors (Lipinski definition) is 5. The van der Waals surface area contributed by atoms with E-state index in [1.807, 2.05) is 19.1 Å². The summed E-state index contributed by atoms with van der Waals surface area (Å²) in [6.45, 7) is 6.46. The summed E-state index contributed by atoms with van der Waals surface area (Å²) in [5.41, 5.74) is 2.98. The van der Waals surface area contributed by atoms with Gasteiger partial charge in [0.1, 0.15) is 11.3 Å². The molecule has 5 rings (SSSR count). The number of hydrogen-bond donors (Lipinski definition) is 2. The molecule has 28 heavy (non-hydrogen) atoms. The molecule has 2 saturated heterocycles. The molecular weight excluding hydrogens is 396 g/mol. The Morgan fingerprint density at radius 1 is 1.36 bits per heavy atom. The molecule has 0 bridgehead atoms. The second-order valence-corrected chi connectivity index (χ2v) is 9.19. The first kappa shape index (κ1) is 18.1. The summed E-state index contributed by atoms with van der Waals surface area (Å²) >= 11 is 7.84. The number of aromatic nitrogens is 2. The highest BCUT2D eigenvalue weighted by Gasteiger charge is 2.37. The molecule has 1 amide bonds. The van der Waals surface area contributed by atoms with E-state index in [-0.39, 0.29) is 5.91 Å². The van der Waals surface area contributed by atoms with E-state index in [4.69, 9.17) is 16.3 Å². The van der Waals surface area contributed by atoms with Gasteiger partial charge in [-0.1, -0.05) is 23.7 Å². The van der Waals surface area contributed by atoms with Crippen LogP contribution in [-0.4, -0.2) is 47.1 Å². The Kier molecular flexibility index (Phi) is 4.63. The Hall–Kier alpha value is -1.93. The lowest BCUT2D eigenvalue weighted by molar-refractivity contribution is 0.102. The summed E-state index contributed by atoms with van der Waals surface area (Å²) in [5, 5.41) is 4.45. The number of thiazole rings is 1. The number of anilines is 1. The van der Waals surface area contributed by atoms with Crippen molar-refractivity contribution in [2.75, 3.05) is 31.6 Å². The number of halogens is 1. The molecule has 3 aromatic rings. The maximum atomic E-state index is 13.0. The Labute approximate surface area is 171 Å². The lowest BCUT2D eigenvalue weighted by Gasteiger charge is -2.17. The van der Waals surface area contributed by atoms with Gasteiger partial charge in [0.2, 0.25) is 0 Å². The molecular formula is C20H21ClN4O2S. The van der Waals surface area contributed by atoms with E-state index in [0.29, 0.717) is 28.2 Å².